The van der Waals surface area contributed by atoms with Crippen LogP contribution < -0.4 is 14.8 Å². The van der Waals surface area contributed by atoms with Crippen molar-refractivity contribution in [2.45, 2.75) is 32.9 Å². The van der Waals surface area contributed by atoms with Gasteiger partial charge >= 0.3 is 6.61 Å². The van der Waals surface area contributed by atoms with Gasteiger partial charge in [0.25, 0.3) is 5.91 Å². The van der Waals surface area contributed by atoms with Crippen LogP contribution in [0.2, 0.25) is 0 Å². The lowest BCUT2D eigenvalue weighted by Gasteiger charge is -2.14. The normalized spacial score (nSPS) is 12.1. The largest absolute Gasteiger partial charge is 0.493 e. The third kappa shape index (κ3) is 7.06. The molecule has 0 aliphatic rings. The maximum absolute atomic E-state index is 12.3. The maximum Gasteiger partial charge on any atom is 0.387 e. The van der Waals surface area contributed by atoms with Gasteiger partial charge in [-0.25, -0.2) is 0 Å². The topological polar surface area (TPSA) is 69.2 Å². The molecule has 2 aromatic carbocycles. The van der Waals surface area contributed by atoms with Crippen LogP contribution in [0.1, 0.15) is 36.6 Å². The molecule has 156 valence electrons. The second-order valence-electron chi connectivity index (χ2n) is 6.18. The molecule has 2 rings (SSSR count). The van der Waals surface area contributed by atoms with Crippen LogP contribution in [-0.2, 0) is 16.1 Å². The first-order valence-electron chi connectivity index (χ1n) is 9.09. The molecule has 0 saturated heterocycles. The molecule has 0 saturated carbocycles. The third-order valence-electron chi connectivity index (χ3n) is 4.14. The van der Waals surface area contributed by atoms with Crippen LogP contribution in [0.3, 0.4) is 0 Å². The smallest absolute Gasteiger partial charge is 0.387 e. The second kappa shape index (κ2) is 11.0. The van der Waals surface area contributed by atoms with Crippen LogP contribution in [0.5, 0.6) is 11.5 Å². The molecule has 6 nitrogen and oxygen atoms in total. The summed E-state index contributed by atoms with van der Waals surface area (Å²) >= 11 is 0. The number of halogens is 2. The Morgan fingerprint density at radius 3 is 2.52 bits per heavy atom. The Kier molecular flexibility index (Phi) is 8.39. The number of amides is 1. The highest BCUT2D eigenvalue weighted by Gasteiger charge is 2.11. The summed E-state index contributed by atoms with van der Waals surface area (Å²) < 4.78 is 34.0. The van der Waals surface area contributed by atoms with Gasteiger partial charge in [0.15, 0.2) is 18.1 Å². The lowest BCUT2D eigenvalue weighted by molar-refractivity contribution is -0.126. The number of oxime groups is 1. The summed E-state index contributed by atoms with van der Waals surface area (Å²) in [5, 5.41) is 6.55. The first-order chi connectivity index (χ1) is 13.9. The summed E-state index contributed by atoms with van der Waals surface area (Å²) in [7, 11) is 1.34. The highest BCUT2D eigenvalue weighted by Crippen LogP contribution is 2.28. The number of hydrogen-bond donors (Lipinski definition) is 1. The maximum atomic E-state index is 12.3. The van der Waals surface area contributed by atoms with E-state index in [0.29, 0.717) is 5.56 Å². The van der Waals surface area contributed by atoms with Gasteiger partial charge in [0.2, 0.25) is 0 Å². The molecule has 1 atom stereocenters. The van der Waals surface area contributed by atoms with E-state index in [2.05, 4.69) is 22.1 Å². The number of ether oxygens (including phenoxy) is 2. The number of nitrogens with one attached hydrogen (secondary N) is 1. The van der Waals surface area contributed by atoms with Crippen LogP contribution in [0.15, 0.2) is 47.6 Å². The van der Waals surface area contributed by atoms with Gasteiger partial charge in [-0.1, -0.05) is 36.3 Å². The molecule has 0 aromatic heterocycles. The molecule has 1 N–H and O–H groups in total. The molecule has 0 aliphatic heterocycles. The van der Waals surface area contributed by atoms with E-state index in [9.17, 15) is 13.6 Å². The van der Waals surface area contributed by atoms with Gasteiger partial charge in [-0.2, -0.15) is 8.78 Å². The number of hydrogen-bond acceptors (Lipinski definition) is 5. The van der Waals surface area contributed by atoms with Crippen LogP contribution in [0.4, 0.5) is 8.78 Å². The fourth-order valence-corrected chi connectivity index (χ4v) is 2.56. The minimum atomic E-state index is -2.95. The Labute approximate surface area is 168 Å². The van der Waals surface area contributed by atoms with Crippen molar-refractivity contribution in [2.75, 3.05) is 13.7 Å². The van der Waals surface area contributed by atoms with E-state index in [4.69, 9.17) is 9.57 Å². The molecular weight excluding hydrogens is 382 g/mol. The number of rotatable bonds is 10. The van der Waals surface area contributed by atoms with Crippen LogP contribution in [0, 0.1) is 0 Å². The fourth-order valence-electron chi connectivity index (χ4n) is 2.56. The van der Waals surface area contributed by atoms with Crippen molar-refractivity contribution in [1.29, 1.82) is 0 Å². The number of carbonyl (C=O) groups is 1. The first-order valence-corrected chi connectivity index (χ1v) is 9.09. The van der Waals surface area contributed by atoms with Crippen LogP contribution in [-0.4, -0.2) is 32.4 Å². The predicted molar refractivity (Wildman–Crippen MR) is 106 cm³/mol. The lowest BCUT2D eigenvalue weighted by Crippen LogP contribution is -2.29. The monoisotopic (exact) mass is 406 g/mol. The average molecular weight is 406 g/mol. The Hall–Kier alpha value is -3.16. The molecular formula is C21H24F2N2O4. The van der Waals surface area contributed by atoms with E-state index in [1.165, 1.54) is 37.1 Å². The Morgan fingerprint density at radius 2 is 1.90 bits per heavy atom. The van der Waals surface area contributed by atoms with E-state index >= 15 is 0 Å². The molecule has 0 radical (unpaired) electrons. The summed E-state index contributed by atoms with van der Waals surface area (Å²) in [6.07, 6.45) is 2.30. The average Bonchev–Trinajstić information content (AvgIpc) is 2.71. The minimum Gasteiger partial charge on any atom is -0.493 e. The zero-order valence-corrected chi connectivity index (χ0v) is 16.5. The van der Waals surface area contributed by atoms with Gasteiger partial charge in [-0.15, -0.1) is 0 Å². The highest BCUT2D eigenvalue weighted by atomic mass is 19.3. The van der Waals surface area contributed by atoms with Crippen LogP contribution in [0.25, 0.3) is 0 Å². The molecule has 8 heteroatoms. The lowest BCUT2D eigenvalue weighted by atomic mass is 10.1. The Morgan fingerprint density at radius 1 is 1.17 bits per heavy atom. The molecule has 0 unspecified atom stereocenters. The molecule has 0 aliphatic carbocycles. The van der Waals surface area contributed by atoms with Gasteiger partial charge in [-0.05, 0) is 42.7 Å². The fraction of sp³-hybridized carbons (Fsp3) is 0.333. The number of alkyl halides is 2. The summed E-state index contributed by atoms with van der Waals surface area (Å²) in [5.74, 6) is -0.261. The quantitative estimate of drug-likeness (QED) is 0.477. The van der Waals surface area contributed by atoms with Crippen molar-refractivity contribution in [2.24, 2.45) is 5.16 Å². The van der Waals surface area contributed by atoms with Gasteiger partial charge < -0.3 is 19.6 Å². The first kappa shape index (κ1) is 22.1. The number of methoxy groups -OCH3 is 1. The Bertz CT molecular complexity index is 826. The van der Waals surface area contributed by atoms with Crippen molar-refractivity contribution in [3.05, 3.63) is 59.2 Å². The summed E-state index contributed by atoms with van der Waals surface area (Å²) in [5.41, 5.74) is 2.76. The van der Waals surface area contributed by atoms with Crippen molar-refractivity contribution in [3.8, 4) is 11.5 Å². The molecule has 1 amide bonds. The minimum absolute atomic E-state index is 0.0825. The van der Waals surface area contributed by atoms with E-state index in [1.807, 2.05) is 31.2 Å². The van der Waals surface area contributed by atoms with Gasteiger partial charge in [0.1, 0.15) is 0 Å². The number of benzene rings is 2. The van der Waals surface area contributed by atoms with Crippen molar-refractivity contribution in [3.63, 3.8) is 0 Å². The molecule has 0 spiro atoms. The molecule has 29 heavy (non-hydrogen) atoms. The van der Waals surface area contributed by atoms with Crippen molar-refractivity contribution < 1.29 is 27.9 Å². The molecule has 2 aromatic rings. The standard InChI is InChI=1S/C21H24F2N2O4/c1-4-15-5-8-17(9-6-15)14(2)25-20(26)13-28-24-12-16-7-10-18(29-21(22)23)19(11-16)27-3/h5-12,14,21H,4,13H2,1-3H3,(H,25,26)/b24-12-/t14-/m1/s1. The summed E-state index contributed by atoms with van der Waals surface area (Å²) in [4.78, 5) is 17.0. The molecule has 0 bridgehead atoms. The summed E-state index contributed by atoms with van der Waals surface area (Å²) in [6, 6.07) is 12.2. The zero-order chi connectivity index (χ0) is 21.2. The van der Waals surface area contributed by atoms with E-state index in [-0.39, 0.29) is 30.1 Å². The highest BCUT2D eigenvalue weighted by molar-refractivity contribution is 5.81. The van der Waals surface area contributed by atoms with Crippen molar-refractivity contribution >= 4 is 12.1 Å². The van der Waals surface area contributed by atoms with Crippen LogP contribution >= 0.6 is 0 Å². The Balaban J connectivity index is 1.83. The molecule has 0 fully saturated rings. The van der Waals surface area contributed by atoms with E-state index < -0.39 is 6.61 Å². The van der Waals surface area contributed by atoms with E-state index in [1.54, 1.807) is 0 Å². The third-order valence-corrected chi connectivity index (χ3v) is 4.14. The van der Waals surface area contributed by atoms with E-state index in [0.717, 1.165) is 12.0 Å². The zero-order valence-electron chi connectivity index (χ0n) is 16.5. The number of aryl methyl sites for hydroxylation is 1. The van der Waals surface area contributed by atoms with Gasteiger partial charge in [-0.3, -0.25) is 4.79 Å². The SMILES string of the molecule is CCc1ccc([C@@H](C)NC(=O)CO/N=C\c2ccc(OC(F)F)c(OC)c2)cc1. The second-order valence-corrected chi connectivity index (χ2v) is 6.18. The number of carbonyl (C=O) groups excluding carboxylic acids is 1. The van der Waals surface area contributed by atoms with Gasteiger partial charge in [0.05, 0.1) is 19.4 Å². The summed E-state index contributed by atoms with van der Waals surface area (Å²) in [6.45, 7) is 0.770. The predicted octanol–water partition coefficient (Wildman–Crippen LogP) is 4.09. The molecule has 0 heterocycles. The van der Waals surface area contributed by atoms with Crippen molar-refractivity contribution in [1.82, 2.24) is 5.32 Å². The number of nitrogens with zero attached hydrogens (tertiary/aromatic N) is 1. The van der Waals surface area contributed by atoms with Gasteiger partial charge in [0, 0.05) is 5.56 Å².